The van der Waals surface area contributed by atoms with Gasteiger partial charge in [-0.3, -0.25) is 4.79 Å². The van der Waals surface area contributed by atoms with E-state index in [-0.39, 0.29) is 10.9 Å². The quantitative estimate of drug-likeness (QED) is 0.816. The van der Waals surface area contributed by atoms with Gasteiger partial charge in [0.1, 0.15) is 11.5 Å². The van der Waals surface area contributed by atoms with Crippen molar-refractivity contribution in [2.24, 2.45) is 11.7 Å². The Morgan fingerprint density at radius 3 is 2.42 bits per heavy atom. The van der Waals surface area contributed by atoms with Crippen LogP contribution in [0.15, 0.2) is 12.1 Å². The summed E-state index contributed by atoms with van der Waals surface area (Å²) in [7, 11) is 2.98. The van der Waals surface area contributed by atoms with Crippen molar-refractivity contribution in [3.05, 3.63) is 17.2 Å². The van der Waals surface area contributed by atoms with Crippen molar-refractivity contribution >= 4 is 40.4 Å². The molecule has 0 aliphatic heterocycles. The van der Waals surface area contributed by atoms with Gasteiger partial charge in [0, 0.05) is 6.07 Å². The Balaban J connectivity index is 3.04. The first-order valence-corrected chi connectivity index (χ1v) is 6.21. The summed E-state index contributed by atoms with van der Waals surface area (Å²) in [5.41, 5.74) is 5.86. The number of anilines is 1. The van der Waals surface area contributed by atoms with Crippen molar-refractivity contribution in [1.82, 2.24) is 0 Å². The second-order valence-corrected chi connectivity index (χ2v) is 4.68. The molecule has 0 spiro atoms. The third kappa shape index (κ3) is 3.71. The average molecular weight is 303 g/mol. The van der Waals surface area contributed by atoms with E-state index in [2.05, 4.69) is 5.32 Å². The molecule has 1 rings (SSSR count). The van der Waals surface area contributed by atoms with Crippen LogP contribution in [0.5, 0.6) is 11.5 Å². The second kappa shape index (κ2) is 6.58. The minimum absolute atomic E-state index is 0.121. The minimum Gasteiger partial charge on any atom is -0.495 e. The van der Waals surface area contributed by atoms with Crippen LogP contribution in [0, 0.1) is 5.92 Å². The van der Waals surface area contributed by atoms with E-state index >= 15 is 0 Å². The van der Waals surface area contributed by atoms with Crippen LogP contribution in [0.1, 0.15) is 6.92 Å². The molecule has 3 N–H and O–H groups in total. The van der Waals surface area contributed by atoms with Gasteiger partial charge in [0.2, 0.25) is 5.91 Å². The molecule has 0 aromatic heterocycles. The van der Waals surface area contributed by atoms with E-state index in [1.807, 2.05) is 0 Å². The number of rotatable bonds is 5. The van der Waals surface area contributed by atoms with Gasteiger partial charge < -0.3 is 20.5 Å². The summed E-state index contributed by atoms with van der Waals surface area (Å²) in [5.74, 6) is -0.0173. The summed E-state index contributed by atoms with van der Waals surface area (Å²) in [6.07, 6.45) is 0. The first kappa shape index (κ1) is 15.5. The van der Waals surface area contributed by atoms with Crippen LogP contribution in [0.3, 0.4) is 0 Å². The Morgan fingerprint density at radius 1 is 1.37 bits per heavy atom. The number of methoxy groups -OCH3 is 2. The summed E-state index contributed by atoms with van der Waals surface area (Å²) in [4.78, 5) is 12.0. The number of ether oxygens (including phenoxy) is 2. The van der Waals surface area contributed by atoms with Crippen LogP contribution in [-0.2, 0) is 4.79 Å². The van der Waals surface area contributed by atoms with Gasteiger partial charge >= 0.3 is 0 Å². The van der Waals surface area contributed by atoms with Crippen molar-refractivity contribution in [2.75, 3.05) is 19.5 Å². The number of halogens is 1. The van der Waals surface area contributed by atoms with Gasteiger partial charge in [-0.2, -0.15) is 0 Å². The van der Waals surface area contributed by atoms with Crippen molar-refractivity contribution in [3.63, 3.8) is 0 Å². The first-order valence-electron chi connectivity index (χ1n) is 5.42. The molecule has 19 heavy (non-hydrogen) atoms. The van der Waals surface area contributed by atoms with Gasteiger partial charge in [0.05, 0.1) is 35.8 Å². The maximum absolute atomic E-state index is 11.9. The van der Waals surface area contributed by atoms with Crippen molar-refractivity contribution in [3.8, 4) is 11.5 Å². The smallest absolute Gasteiger partial charge is 0.234 e. The Bertz CT molecular complexity index is 508. The molecule has 1 aromatic carbocycles. The number of hydrogen-bond donors (Lipinski definition) is 2. The number of amides is 1. The van der Waals surface area contributed by atoms with Crippen molar-refractivity contribution < 1.29 is 14.3 Å². The van der Waals surface area contributed by atoms with Crippen molar-refractivity contribution in [2.45, 2.75) is 6.92 Å². The number of nitrogens with one attached hydrogen (secondary N) is 1. The molecule has 1 amide bonds. The Hall–Kier alpha value is -1.53. The normalized spacial score (nSPS) is 11.6. The molecule has 0 aliphatic carbocycles. The summed E-state index contributed by atoms with van der Waals surface area (Å²) in [5, 5.41) is 3.03. The highest BCUT2D eigenvalue weighted by Gasteiger charge is 2.18. The monoisotopic (exact) mass is 302 g/mol. The minimum atomic E-state index is -0.583. The fraction of sp³-hybridized carbons (Fsp3) is 0.333. The van der Waals surface area contributed by atoms with Crippen LogP contribution in [0.4, 0.5) is 5.69 Å². The number of benzene rings is 1. The first-order chi connectivity index (χ1) is 8.90. The van der Waals surface area contributed by atoms with E-state index in [1.165, 1.54) is 14.2 Å². The molecule has 0 fully saturated rings. The lowest BCUT2D eigenvalue weighted by Gasteiger charge is -2.15. The van der Waals surface area contributed by atoms with Crippen LogP contribution in [-0.4, -0.2) is 25.1 Å². The molecule has 5 nitrogen and oxygen atoms in total. The zero-order valence-corrected chi connectivity index (χ0v) is 12.4. The van der Waals surface area contributed by atoms with Crippen LogP contribution in [0.2, 0.25) is 5.02 Å². The van der Waals surface area contributed by atoms with Crippen LogP contribution >= 0.6 is 23.8 Å². The van der Waals surface area contributed by atoms with Crippen LogP contribution in [0.25, 0.3) is 0 Å². The molecule has 0 saturated heterocycles. The standard InChI is InChI=1S/C12H15ClN2O3S/c1-6(11(14)19)12(16)15-8-4-7(13)9(17-2)5-10(8)18-3/h4-6H,1-3H3,(H2,14,19)(H,15,16). The number of hydrogen-bond acceptors (Lipinski definition) is 4. The molecular formula is C12H15ClN2O3S. The van der Waals surface area contributed by atoms with Crippen molar-refractivity contribution in [1.29, 1.82) is 0 Å². The van der Waals surface area contributed by atoms with E-state index in [4.69, 9.17) is 39.0 Å². The van der Waals surface area contributed by atoms with E-state index in [9.17, 15) is 4.79 Å². The summed E-state index contributed by atoms with van der Waals surface area (Å²) < 4.78 is 10.2. The predicted octanol–water partition coefficient (Wildman–Crippen LogP) is 2.22. The zero-order valence-electron chi connectivity index (χ0n) is 10.8. The number of nitrogens with two attached hydrogens (primary N) is 1. The molecule has 1 atom stereocenters. The maximum Gasteiger partial charge on any atom is 0.234 e. The summed E-state index contributed by atoms with van der Waals surface area (Å²) in [6.45, 7) is 1.62. The van der Waals surface area contributed by atoms with E-state index in [1.54, 1.807) is 19.1 Å². The van der Waals surface area contributed by atoms with E-state index < -0.39 is 5.92 Å². The van der Waals surface area contributed by atoms with Gasteiger partial charge in [-0.25, -0.2) is 0 Å². The molecular weight excluding hydrogens is 288 g/mol. The zero-order chi connectivity index (χ0) is 14.6. The SMILES string of the molecule is COc1cc(OC)c(NC(=O)C(C)C(N)=S)cc1Cl. The summed E-state index contributed by atoms with van der Waals surface area (Å²) >= 11 is 10.8. The lowest BCUT2D eigenvalue weighted by Crippen LogP contribution is -2.30. The number of carbonyl (C=O) groups is 1. The van der Waals surface area contributed by atoms with Gasteiger partial charge in [-0.1, -0.05) is 23.8 Å². The fourth-order valence-electron chi connectivity index (χ4n) is 1.33. The highest BCUT2D eigenvalue weighted by molar-refractivity contribution is 7.80. The lowest BCUT2D eigenvalue weighted by atomic mass is 10.1. The summed E-state index contributed by atoms with van der Waals surface area (Å²) in [6, 6.07) is 3.13. The highest BCUT2D eigenvalue weighted by atomic mass is 35.5. The van der Waals surface area contributed by atoms with Gasteiger partial charge in [0.25, 0.3) is 0 Å². The third-order valence-electron chi connectivity index (χ3n) is 2.55. The molecule has 104 valence electrons. The van der Waals surface area contributed by atoms with Gasteiger partial charge in [0.15, 0.2) is 0 Å². The predicted molar refractivity (Wildman–Crippen MR) is 79.1 cm³/mol. The average Bonchev–Trinajstić information content (AvgIpc) is 2.37. The molecule has 1 unspecified atom stereocenters. The van der Waals surface area contributed by atoms with E-state index in [0.29, 0.717) is 22.2 Å². The largest absolute Gasteiger partial charge is 0.495 e. The lowest BCUT2D eigenvalue weighted by molar-refractivity contribution is -0.117. The third-order valence-corrected chi connectivity index (χ3v) is 3.20. The Morgan fingerprint density at radius 2 is 1.95 bits per heavy atom. The van der Waals surface area contributed by atoms with Crippen LogP contribution < -0.4 is 20.5 Å². The Kier molecular flexibility index (Phi) is 5.38. The molecule has 0 aliphatic rings. The molecule has 0 saturated carbocycles. The molecule has 1 aromatic rings. The molecule has 0 heterocycles. The molecule has 0 bridgehead atoms. The number of thiocarbonyl (C=S) groups is 1. The molecule has 7 heteroatoms. The fourth-order valence-corrected chi connectivity index (χ4v) is 1.68. The topological polar surface area (TPSA) is 73.6 Å². The van der Waals surface area contributed by atoms with Gasteiger partial charge in [-0.05, 0) is 13.0 Å². The van der Waals surface area contributed by atoms with Gasteiger partial charge in [-0.15, -0.1) is 0 Å². The Labute approximate surface area is 122 Å². The maximum atomic E-state index is 11.9. The highest BCUT2D eigenvalue weighted by Crippen LogP contribution is 2.36. The second-order valence-electron chi connectivity index (χ2n) is 3.80. The number of carbonyl (C=O) groups excluding carboxylic acids is 1. The van der Waals surface area contributed by atoms with E-state index in [0.717, 1.165) is 0 Å². The molecule has 0 radical (unpaired) electrons.